The molecule has 0 aromatic rings. The van der Waals surface area contributed by atoms with E-state index in [0.29, 0.717) is 18.3 Å². The third kappa shape index (κ3) is 6.67. The van der Waals surface area contributed by atoms with Crippen LogP contribution in [-0.2, 0) is 4.79 Å². The van der Waals surface area contributed by atoms with Gasteiger partial charge >= 0.3 is 0 Å². The molecule has 0 aromatic heterocycles. The lowest BCUT2D eigenvalue weighted by Crippen LogP contribution is -2.27. The summed E-state index contributed by atoms with van der Waals surface area (Å²) in [5, 5.41) is 6.40. The van der Waals surface area contributed by atoms with Crippen LogP contribution in [0.25, 0.3) is 0 Å². The van der Waals surface area contributed by atoms with Gasteiger partial charge in [-0.25, -0.2) is 0 Å². The van der Waals surface area contributed by atoms with Crippen molar-refractivity contribution in [2.24, 2.45) is 17.8 Å². The molecule has 3 heteroatoms. The lowest BCUT2D eigenvalue weighted by atomic mass is 9.96. The van der Waals surface area contributed by atoms with Gasteiger partial charge in [0.1, 0.15) is 0 Å². The molecule has 1 saturated heterocycles. The molecular formula is C14H28N2O. The van der Waals surface area contributed by atoms with Crippen LogP contribution in [0.4, 0.5) is 0 Å². The third-order valence-electron chi connectivity index (χ3n) is 3.44. The van der Waals surface area contributed by atoms with E-state index < -0.39 is 0 Å². The zero-order chi connectivity index (χ0) is 12.7. The van der Waals surface area contributed by atoms with Crippen molar-refractivity contribution in [2.45, 2.75) is 46.5 Å². The van der Waals surface area contributed by atoms with Gasteiger partial charge in [0.15, 0.2) is 0 Å². The fourth-order valence-electron chi connectivity index (χ4n) is 2.65. The molecule has 3 nitrogen and oxygen atoms in total. The van der Waals surface area contributed by atoms with Crippen molar-refractivity contribution in [3.63, 3.8) is 0 Å². The van der Waals surface area contributed by atoms with Gasteiger partial charge in [-0.3, -0.25) is 4.79 Å². The molecule has 17 heavy (non-hydrogen) atoms. The van der Waals surface area contributed by atoms with Crippen molar-refractivity contribution in [1.29, 1.82) is 0 Å². The SMILES string of the molecule is CC(C)CC(C)CC(=O)NCCC1CCNC1. The second-order valence-corrected chi connectivity index (χ2v) is 5.94. The molecule has 100 valence electrons. The first kappa shape index (κ1) is 14.5. The van der Waals surface area contributed by atoms with Gasteiger partial charge < -0.3 is 10.6 Å². The Balaban J connectivity index is 2.03. The highest BCUT2D eigenvalue weighted by Gasteiger charge is 2.15. The molecule has 0 saturated carbocycles. The fraction of sp³-hybridized carbons (Fsp3) is 0.929. The molecule has 2 unspecified atom stereocenters. The molecule has 0 spiro atoms. The Morgan fingerprint density at radius 3 is 2.76 bits per heavy atom. The summed E-state index contributed by atoms with van der Waals surface area (Å²) in [6.45, 7) is 9.70. The topological polar surface area (TPSA) is 41.1 Å². The summed E-state index contributed by atoms with van der Waals surface area (Å²) in [5.74, 6) is 2.18. The lowest BCUT2D eigenvalue weighted by molar-refractivity contribution is -0.122. The number of carbonyl (C=O) groups excluding carboxylic acids is 1. The van der Waals surface area contributed by atoms with Gasteiger partial charge in [0.25, 0.3) is 0 Å². The van der Waals surface area contributed by atoms with Crippen molar-refractivity contribution in [3.8, 4) is 0 Å². The first-order valence-electron chi connectivity index (χ1n) is 7.05. The fourth-order valence-corrected chi connectivity index (χ4v) is 2.65. The van der Waals surface area contributed by atoms with Crippen molar-refractivity contribution < 1.29 is 4.79 Å². The first-order chi connectivity index (χ1) is 8.08. The maximum atomic E-state index is 11.7. The molecule has 1 fully saturated rings. The van der Waals surface area contributed by atoms with Crippen LogP contribution in [0.1, 0.15) is 46.5 Å². The van der Waals surface area contributed by atoms with Crippen LogP contribution in [-0.4, -0.2) is 25.5 Å². The summed E-state index contributed by atoms with van der Waals surface area (Å²) >= 11 is 0. The third-order valence-corrected chi connectivity index (χ3v) is 3.44. The zero-order valence-corrected chi connectivity index (χ0v) is 11.6. The quantitative estimate of drug-likeness (QED) is 0.716. The Morgan fingerprint density at radius 1 is 1.41 bits per heavy atom. The van der Waals surface area contributed by atoms with E-state index in [0.717, 1.165) is 38.4 Å². The standard InChI is InChI=1S/C14H28N2O/c1-11(2)8-12(3)9-14(17)16-7-5-13-4-6-15-10-13/h11-13,15H,4-10H2,1-3H3,(H,16,17). The summed E-state index contributed by atoms with van der Waals surface area (Å²) in [7, 11) is 0. The molecule has 1 heterocycles. The minimum Gasteiger partial charge on any atom is -0.356 e. The molecule has 1 amide bonds. The van der Waals surface area contributed by atoms with Crippen LogP contribution in [0.2, 0.25) is 0 Å². The van der Waals surface area contributed by atoms with E-state index in [9.17, 15) is 4.79 Å². The highest BCUT2D eigenvalue weighted by atomic mass is 16.1. The summed E-state index contributed by atoms with van der Waals surface area (Å²) in [6.07, 6.45) is 4.21. The van der Waals surface area contributed by atoms with Crippen LogP contribution in [0, 0.1) is 17.8 Å². The smallest absolute Gasteiger partial charge is 0.220 e. The summed E-state index contributed by atoms with van der Waals surface area (Å²) in [6, 6.07) is 0. The molecule has 0 bridgehead atoms. The highest BCUT2D eigenvalue weighted by molar-refractivity contribution is 5.76. The average Bonchev–Trinajstić information content (AvgIpc) is 2.68. The van der Waals surface area contributed by atoms with Crippen LogP contribution < -0.4 is 10.6 Å². The van der Waals surface area contributed by atoms with Gasteiger partial charge in [-0.2, -0.15) is 0 Å². The predicted molar refractivity (Wildman–Crippen MR) is 71.8 cm³/mol. The van der Waals surface area contributed by atoms with Gasteiger partial charge in [-0.05, 0) is 50.1 Å². The Hall–Kier alpha value is -0.570. The highest BCUT2D eigenvalue weighted by Crippen LogP contribution is 2.14. The van der Waals surface area contributed by atoms with Gasteiger partial charge in [0, 0.05) is 13.0 Å². The molecule has 2 N–H and O–H groups in total. The van der Waals surface area contributed by atoms with E-state index in [2.05, 4.69) is 31.4 Å². The molecule has 0 radical (unpaired) electrons. The second-order valence-electron chi connectivity index (χ2n) is 5.94. The minimum absolute atomic E-state index is 0.226. The summed E-state index contributed by atoms with van der Waals surface area (Å²) in [5.41, 5.74) is 0. The van der Waals surface area contributed by atoms with E-state index in [1.807, 2.05) is 0 Å². The Morgan fingerprint density at radius 2 is 2.18 bits per heavy atom. The van der Waals surface area contributed by atoms with Crippen molar-refractivity contribution in [2.75, 3.05) is 19.6 Å². The Labute approximate surface area is 106 Å². The molecule has 1 rings (SSSR count). The maximum absolute atomic E-state index is 11.7. The van der Waals surface area contributed by atoms with E-state index in [-0.39, 0.29) is 5.91 Å². The number of carbonyl (C=O) groups is 1. The van der Waals surface area contributed by atoms with E-state index in [4.69, 9.17) is 0 Å². The average molecular weight is 240 g/mol. The van der Waals surface area contributed by atoms with Gasteiger partial charge in [-0.15, -0.1) is 0 Å². The number of hydrogen-bond acceptors (Lipinski definition) is 2. The molecule has 2 atom stereocenters. The van der Waals surface area contributed by atoms with E-state index in [1.165, 1.54) is 6.42 Å². The van der Waals surface area contributed by atoms with Crippen molar-refractivity contribution in [1.82, 2.24) is 10.6 Å². The Kier molecular flexibility index (Phi) is 6.56. The summed E-state index contributed by atoms with van der Waals surface area (Å²) < 4.78 is 0. The zero-order valence-electron chi connectivity index (χ0n) is 11.6. The maximum Gasteiger partial charge on any atom is 0.220 e. The second kappa shape index (κ2) is 7.70. The van der Waals surface area contributed by atoms with E-state index in [1.54, 1.807) is 0 Å². The molecular weight excluding hydrogens is 212 g/mol. The monoisotopic (exact) mass is 240 g/mol. The van der Waals surface area contributed by atoms with Crippen LogP contribution in [0.3, 0.4) is 0 Å². The van der Waals surface area contributed by atoms with Gasteiger partial charge in [0.2, 0.25) is 5.91 Å². The van der Waals surface area contributed by atoms with Crippen LogP contribution in [0.15, 0.2) is 0 Å². The minimum atomic E-state index is 0.226. The molecule has 1 aliphatic rings. The van der Waals surface area contributed by atoms with Crippen molar-refractivity contribution in [3.05, 3.63) is 0 Å². The molecule has 0 aliphatic carbocycles. The lowest BCUT2D eigenvalue weighted by Gasteiger charge is -2.14. The van der Waals surface area contributed by atoms with Crippen LogP contribution in [0.5, 0.6) is 0 Å². The number of nitrogens with one attached hydrogen (secondary N) is 2. The van der Waals surface area contributed by atoms with Gasteiger partial charge in [-0.1, -0.05) is 20.8 Å². The van der Waals surface area contributed by atoms with Crippen molar-refractivity contribution >= 4 is 5.91 Å². The first-order valence-corrected chi connectivity index (χ1v) is 7.05. The predicted octanol–water partition coefficient (Wildman–Crippen LogP) is 2.17. The largest absolute Gasteiger partial charge is 0.356 e. The Bertz CT molecular complexity index is 222. The summed E-state index contributed by atoms with van der Waals surface area (Å²) in [4.78, 5) is 11.7. The number of rotatable bonds is 7. The number of hydrogen-bond donors (Lipinski definition) is 2. The number of amides is 1. The van der Waals surface area contributed by atoms with Gasteiger partial charge in [0.05, 0.1) is 0 Å². The molecule has 1 aliphatic heterocycles. The molecule has 0 aromatic carbocycles. The van der Waals surface area contributed by atoms with E-state index >= 15 is 0 Å². The van der Waals surface area contributed by atoms with Crippen LogP contribution >= 0.6 is 0 Å². The normalized spacial score (nSPS) is 21.8.